The van der Waals surface area contributed by atoms with Gasteiger partial charge in [0.1, 0.15) is 5.75 Å². The van der Waals surface area contributed by atoms with E-state index in [4.69, 9.17) is 16.7 Å². The number of carbonyl (C=O) groups excluding carboxylic acids is 1. The largest absolute Gasteiger partial charge is 0.506 e. The van der Waals surface area contributed by atoms with Gasteiger partial charge in [0.15, 0.2) is 0 Å². The van der Waals surface area contributed by atoms with E-state index in [9.17, 15) is 14.7 Å². The molecule has 0 spiro atoms. The molecule has 2 aromatic rings. The van der Waals surface area contributed by atoms with Crippen molar-refractivity contribution in [3.63, 3.8) is 0 Å². The van der Waals surface area contributed by atoms with Gasteiger partial charge in [-0.1, -0.05) is 23.7 Å². The van der Waals surface area contributed by atoms with Gasteiger partial charge in [-0.2, -0.15) is 0 Å². The third kappa shape index (κ3) is 3.14. The van der Waals surface area contributed by atoms with Crippen molar-refractivity contribution in [2.45, 2.75) is 6.92 Å². The number of amides is 1. The average molecular weight is 306 g/mol. The van der Waals surface area contributed by atoms with Crippen molar-refractivity contribution in [1.82, 2.24) is 0 Å². The van der Waals surface area contributed by atoms with E-state index < -0.39 is 11.9 Å². The van der Waals surface area contributed by atoms with E-state index in [0.717, 1.165) is 0 Å². The molecule has 5 nitrogen and oxygen atoms in total. The molecule has 0 aliphatic rings. The molecule has 6 heteroatoms. The molecular weight excluding hydrogens is 294 g/mol. The van der Waals surface area contributed by atoms with Crippen LogP contribution in [0.1, 0.15) is 26.3 Å². The minimum Gasteiger partial charge on any atom is -0.506 e. The fourth-order valence-corrected chi connectivity index (χ4v) is 2.03. The van der Waals surface area contributed by atoms with Crippen LogP contribution < -0.4 is 5.32 Å². The third-order valence-electron chi connectivity index (χ3n) is 2.95. The number of anilines is 1. The van der Waals surface area contributed by atoms with Gasteiger partial charge in [0.25, 0.3) is 5.91 Å². The highest BCUT2D eigenvalue weighted by atomic mass is 35.5. The quantitative estimate of drug-likeness (QED) is 0.812. The zero-order valence-corrected chi connectivity index (χ0v) is 11.8. The van der Waals surface area contributed by atoms with Gasteiger partial charge in [0, 0.05) is 5.56 Å². The maximum Gasteiger partial charge on any atom is 0.337 e. The van der Waals surface area contributed by atoms with Crippen molar-refractivity contribution in [3.8, 4) is 5.75 Å². The molecular formula is C15H12ClNO4. The predicted molar refractivity (Wildman–Crippen MR) is 79.2 cm³/mol. The van der Waals surface area contributed by atoms with Crippen LogP contribution in [0.5, 0.6) is 5.75 Å². The van der Waals surface area contributed by atoms with Crippen molar-refractivity contribution in [2.75, 3.05) is 5.32 Å². The Morgan fingerprint density at radius 2 is 1.90 bits per heavy atom. The molecule has 2 aromatic carbocycles. The molecule has 0 aromatic heterocycles. The highest BCUT2D eigenvalue weighted by molar-refractivity contribution is 6.32. The molecule has 0 bridgehead atoms. The summed E-state index contributed by atoms with van der Waals surface area (Å²) in [6, 6.07) is 8.72. The van der Waals surface area contributed by atoms with E-state index in [1.165, 1.54) is 24.3 Å². The second-order valence-electron chi connectivity index (χ2n) is 4.42. The van der Waals surface area contributed by atoms with Crippen LogP contribution in [-0.4, -0.2) is 22.1 Å². The normalized spacial score (nSPS) is 10.2. The zero-order valence-electron chi connectivity index (χ0n) is 11.1. The summed E-state index contributed by atoms with van der Waals surface area (Å²) in [6.45, 7) is 1.70. The first kappa shape index (κ1) is 14.9. The smallest absolute Gasteiger partial charge is 0.337 e. The van der Waals surface area contributed by atoms with Gasteiger partial charge in [-0.05, 0) is 36.8 Å². The molecule has 0 heterocycles. The van der Waals surface area contributed by atoms with E-state index >= 15 is 0 Å². The lowest BCUT2D eigenvalue weighted by Gasteiger charge is -2.11. The Kier molecular flexibility index (Phi) is 4.14. The molecule has 3 N–H and O–H groups in total. The van der Waals surface area contributed by atoms with Gasteiger partial charge in [0.2, 0.25) is 0 Å². The number of benzene rings is 2. The molecule has 0 aliphatic heterocycles. The summed E-state index contributed by atoms with van der Waals surface area (Å²) >= 11 is 5.75. The van der Waals surface area contributed by atoms with Crippen LogP contribution in [0, 0.1) is 6.92 Å². The van der Waals surface area contributed by atoms with E-state index in [1.807, 2.05) is 0 Å². The van der Waals surface area contributed by atoms with Gasteiger partial charge in [-0.3, -0.25) is 4.79 Å². The number of halogens is 1. The van der Waals surface area contributed by atoms with Crippen molar-refractivity contribution < 1.29 is 19.8 Å². The number of carbonyl (C=O) groups is 2. The van der Waals surface area contributed by atoms with Crippen LogP contribution in [0.4, 0.5) is 5.69 Å². The lowest BCUT2D eigenvalue weighted by molar-refractivity contribution is 0.0698. The molecule has 21 heavy (non-hydrogen) atoms. The van der Waals surface area contributed by atoms with Crippen LogP contribution in [0.2, 0.25) is 5.02 Å². The second-order valence-corrected chi connectivity index (χ2v) is 4.83. The molecule has 0 radical (unpaired) electrons. The second kappa shape index (κ2) is 5.85. The van der Waals surface area contributed by atoms with E-state index in [-0.39, 0.29) is 27.6 Å². The number of aryl methyl sites for hydroxylation is 1. The number of hydrogen-bond acceptors (Lipinski definition) is 3. The fraction of sp³-hybridized carbons (Fsp3) is 0.0667. The molecule has 0 saturated heterocycles. The molecule has 0 aliphatic carbocycles. The summed E-state index contributed by atoms with van der Waals surface area (Å²) in [5.41, 5.74) is 1.10. The lowest BCUT2D eigenvalue weighted by Crippen LogP contribution is -2.15. The van der Waals surface area contributed by atoms with Crippen molar-refractivity contribution in [1.29, 1.82) is 0 Å². The summed E-state index contributed by atoms with van der Waals surface area (Å²) in [5, 5.41) is 21.1. The Bertz CT molecular complexity index is 728. The van der Waals surface area contributed by atoms with Gasteiger partial charge < -0.3 is 15.5 Å². The van der Waals surface area contributed by atoms with Crippen molar-refractivity contribution >= 4 is 29.2 Å². The van der Waals surface area contributed by atoms with Crippen molar-refractivity contribution in [3.05, 3.63) is 58.1 Å². The Balaban J connectivity index is 2.36. The number of nitrogens with one attached hydrogen (secondary N) is 1. The Morgan fingerprint density at radius 3 is 2.52 bits per heavy atom. The third-order valence-corrected chi connectivity index (χ3v) is 3.25. The van der Waals surface area contributed by atoms with Crippen LogP contribution in [0.25, 0.3) is 0 Å². The number of rotatable bonds is 3. The molecule has 0 atom stereocenters. The SMILES string of the molecule is Cc1cccc(C(=O)O)c1NC(=O)c1ccc(O)c(Cl)c1. The number of carboxylic acid groups (broad SMARTS) is 1. The van der Waals surface area contributed by atoms with Crippen LogP contribution >= 0.6 is 11.6 Å². The molecule has 2 rings (SSSR count). The van der Waals surface area contributed by atoms with Gasteiger partial charge in [0.05, 0.1) is 16.3 Å². The monoisotopic (exact) mass is 305 g/mol. The number of hydrogen-bond donors (Lipinski definition) is 3. The van der Waals surface area contributed by atoms with Gasteiger partial charge in [-0.25, -0.2) is 4.79 Å². The highest BCUT2D eigenvalue weighted by Crippen LogP contribution is 2.25. The molecule has 0 saturated carbocycles. The first-order valence-electron chi connectivity index (χ1n) is 6.03. The Hall–Kier alpha value is -2.53. The zero-order chi connectivity index (χ0) is 15.6. The van der Waals surface area contributed by atoms with Gasteiger partial charge in [-0.15, -0.1) is 0 Å². The topological polar surface area (TPSA) is 86.6 Å². The minimum atomic E-state index is -1.13. The molecule has 1 amide bonds. The first-order valence-corrected chi connectivity index (χ1v) is 6.40. The number of phenolic OH excluding ortho intramolecular Hbond substituents is 1. The summed E-state index contributed by atoms with van der Waals surface area (Å²) in [5.74, 6) is -1.76. The maximum atomic E-state index is 12.2. The van der Waals surface area contributed by atoms with Crippen LogP contribution in [0.15, 0.2) is 36.4 Å². The number of aromatic carboxylic acids is 1. The standard InChI is InChI=1S/C15H12ClNO4/c1-8-3-2-4-10(15(20)21)13(8)17-14(19)9-5-6-12(18)11(16)7-9/h2-7,18H,1H3,(H,17,19)(H,20,21). The Labute approximate surface area is 125 Å². The van der Waals surface area contributed by atoms with Gasteiger partial charge >= 0.3 is 5.97 Å². The summed E-state index contributed by atoms with van der Waals surface area (Å²) < 4.78 is 0. The molecule has 0 unspecified atom stereocenters. The fourth-order valence-electron chi connectivity index (χ4n) is 1.85. The van der Waals surface area contributed by atoms with Crippen molar-refractivity contribution in [2.24, 2.45) is 0 Å². The number of aromatic hydroxyl groups is 1. The molecule has 0 fully saturated rings. The summed E-state index contributed by atoms with van der Waals surface area (Å²) in [7, 11) is 0. The number of phenols is 1. The summed E-state index contributed by atoms with van der Waals surface area (Å²) in [6.07, 6.45) is 0. The predicted octanol–water partition coefficient (Wildman–Crippen LogP) is 3.30. The van der Waals surface area contributed by atoms with E-state index in [2.05, 4.69) is 5.32 Å². The minimum absolute atomic E-state index is 0.00762. The first-order chi connectivity index (χ1) is 9.90. The molecule has 108 valence electrons. The number of para-hydroxylation sites is 1. The number of carboxylic acids is 1. The Morgan fingerprint density at radius 1 is 1.19 bits per heavy atom. The average Bonchev–Trinajstić information content (AvgIpc) is 2.43. The van der Waals surface area contributed by atoms with E-state index in [1.54, 1.807) is 19.1 Å². The highest BCUT2D eigenvalue weighted by Gasteiger charge is 2.16. The van der Waals surface area contributed by atoms with E-state index in [0.29, 0.717) is 5.56 Å². The van der Waals surface area contributed by atoms with Crippen LogP contribution in [0.3, 0.4) is 0 Å². The maximum absolute atomic E-state index is 12.2. The summed E-state index contributed by atoms with van der Waals surface area (Å²) in [4.78, 5) is 23.3. The van der Waals surface area contributed by atoms with Crippen LogP contribution in [-0.2, 0) is 0 Å². The lowest BCUT2D eigenvalue weighted by atomic mass is 10.1.